The SMILES string of the molecule is C=C(C)C(=O)Cc1cccc(N(Cc2ccccc2)C(=O)C(Cc2ccncc2)N2C(=O)c3cc(Oc4ccc(C(C)C)cc4)c4c5c(Oc6ccc(C(C)C)cc6)cc6c7c(cc(Oc8ccc(C(C)C)cc8)c(c8c(Oc9ccc(C(C)C)cc9)cc(c3c48)C2=O)c75)C(=O)N(C(Cc2ccncc2)C(=O)N(Cc2ccccc2)c2cccc(NC(=O)C(=C)C)c2)C6=O)c1. The summed E-state index contributed by atoms with van der Waals surface area (Å²) >= 11 is 0. The average molecular weight is 1720 g/mol. The van der Waals surface area contributed by atoms with E-state index in [-0.39, 0.29) is 156 Å². The van der Waals surface area contributed by atoms with Crippen LogP contribution in [0.25, 0.3) is 43.1 Å². The molecule has 0 spiro atoms. The van der Waals surface area contributed by atoms with Gasteiger partial charge in [0.25, 0.3) is 41.4 Å². The molecule has 130 heavy (non-hydrogen) atoms. The number of Topliss-reactive ketones (excluding diaryl/α,β-unsaturated/α-hetero) is 1. The first-order chi connectivity index (χ1) is 62.7. The number of nitrogens with zero attached hydrogens (tertiary/aromatic N) is 6. The summed E-state index contributed by atoms with van der Waals surface area (Å²) in [5.41, 5.74) is 8.58. The molecule has 0 bridgehead atoms. The Balaban J connectivity index is 0.984. The highest BCUT2D eigenvalue weighted by atomic mass is 16.5. The number of allylic oxidation sites excluding steroid dienone is 1. The Kier molecular flexibility index (Phi) is 24.3. The van der Waals surface area contributed by atoms with Crippen LogP contribution in [-0.4, -0.2) is 79.0 Å². The normalized spacial score (nSPS) is 13.0. The predicted molar refractivity (Wildman–Crippen MR) is 510 cm³/mol. The molecule has 15 aromatic rings. The number of rotatable bonds is 31. The van der Waals surface area contributed by atoms with Gasteiger partial charge in [0.05, 0.1) is 35.3 Å². The highest BCUT2D eigenvalue weighted by Gasteiger charge is 2.48. The lowest BCUT2D eigenvalue weighted by Crippen LogP contribution is -2.55. The van der Waals surface area contributed by atoms with Gasteiger partial charge in [-0.25, -0.2) is 0 Å². The third kappa shape index (κ3) is 17.3. The number of imide groups is 2. The molecule has 0 radical (unpaired) electrons. The van der Waals surface area contributed by atoms with E-state index >= 15 is 28.8 Å². The maximum atomic E-state index is 17.4. The summed E-state index contributed by atoms with van der Waals surface area (Å²) < 4.78 is 30.1. The second-order valence-electron chi connectivity index (χ2n) is 34.8. The highest BCUT2D eigenvalue weighted by molar-refractivity contribution is 6.45. The van der Waals surface area contributed by atoms with Gasteiger partial charge in [0.1, 0.15) is 58.1 Å². The molecule has 2 aromatic heterocycles. The smallest absolute Gasteiger partial charge is 0.262 e. The van der Waals surface area contributed by atoms with Crippen molar-refractivity contribution in [1.82, 2.24) is 19.8 Å². The number of carbonyl (C=O) groups excluding carboxylic acids is 8. The molecular weight excluding hydrogens is 1620 g/mol. The van der Waals surface area contributed by atoms with Crippen molar-refractivity contribution in [3.05, 3.63) is 376 Å². The van der Waals surface area contributed by atoms with Crippen LogP contribution in [0.1, 0.15) is 184 Å². The monoisotopic (exact) mass is 1720 g/mol. The number of ether oxygens (including phenoxy) is 4. The molecule has 1 N–H and O–H groups in total. The minimum Gasteiger partial charge on any atom is -0.457 e. The molecule has 0 saturated heterocycles. The van der Waals surface area contributed by atoms with Crippen LogP contribution in [0.3, 0.4) is 0 Å². The van der Waals surface area contributed by atoms with Crippen LogP contribution >= 0.6 is 0 Å². The van der Waals surface area contributed by atoms with E-state index in [2.05, 4.69) is 83.8 Å². The van der Waals surface area contributed by atoms with Gasteiger partial charge < -0.3 is 34.1 Å². The van der Waals surface area contributed by atoms with Crippen LogP contribution in [0.2, 0.25) is 0 Å². The van der Waals surface area contributed by atoms with E-state index in [0.717, 1.165) is 37.6 Å². The molecule has 19 heteroatoms. The van der Waals surface area contributed by atoms with Crippen LogP contribution in [0, 0.1) is 0 Å². The van der Waals surface area contributed by atoms with Gasteiger partial charge in [-0.2, -0.15) is 0 Å². The maximum absolute atomic E-state index is 17.4. The molecule has 2 aliphatic rings. The van der Waals surface area contributed by atoms with Gasteiger partial charge in [0.2, 0.25) is 0 Å². The molecular formula is C111H97N7O12. The molecule has 17 rings (SSSR count). The zero-order valence-corrected chi connectivity index (χ0v) is 74.1. The number of benzene rings is 13. The Morgan fingerprint density at radius 1 is 0.346 bits per heavy atom. The Hall–Kier alpha value is -15.5. The number of carbonyl (C=O) groups is 8. The lowest BCUT2D eigenvalue weighted by Gasteiger charge is -2.38. The number of hydrogen-bond acceptors (Lipinski definition) is 14. The van der Waals surface area contributed by atoms with E-state index in [1.54, 1.807) is 141 Å². The summed E-state index contributed by atoms with van der Waals surface area (Å²) in [6, 6.07) is 72.9. The van der Waals surface area contributed by atoms with Gasteiger partial charge in [-0.05, 0) is 221 Å². The van der Waals surface area contributed by atoms with Crippen molar-refractivity contribution in [3.63, 3.8) is 0 Å². The van der Waals surface area contributed by atoms with Crippen LogP contribution in [-0.2, 0) is 51.5 Å². The van der Waals surface area contributed by atoms with E-state index < -0.39 is 53.4 Å². The molecule has 0 fully saturated rings. The molecule has 7 amide bonds. The van der Waals surface area contributed by atoms with Crippen molar-refractivity contribution in [2.45, 2.75) is 137 Å². The van der Waals surface area contributed by atoms with Crippen LogP contribution in [0.15, 0.2) is 304 Å². The second-order valence-corrected chi connectivity index (χ2v) is 34.8. The fourth-order valence-electron chi connectivity index (χ4n) is 17.3. The van der Waals surface area contributed by atoms with Gasteiger partial charge >= 0.3 is 0 Å². The lowest BCUT2D eigenvalue weighted by molar-refractivity contribution is -0.123. The fraction of sp³-hybridized carbons (Fsp3) is 0.189. The van der Waals surface area contributed by atoms with Gasteiger partial charge in [-0.1, -0.05) is 196 Å². The Morgan fingerprint density at radius 2 is 0.662 bits per heavy atom. The molecule has 4 heterocycles. The minimum atomic E-state index is -1.63. The number of aromatic nitrogens is 2. The molecule has 19 nitrogen and oxygen atoms in total. The number of amides is 7. The Morgan fingerprint density at radius 3 is 0.977 bits per heavy atom. The van der Waals surface area contributed by atoms with Crippen molar-refractivity contribution < 1.29 is 57.3 Å². The van der Waals surface area contributed by atoms with E-state index in [4.69, 9.17) is 18.9 Å². The first kappa shape index (κ1) is 86.6. The largest absolute Gasteiger partial charge is 0.457 e. The third-order valence-electron chi connectivity index (χ3n) is 24.4. The van der Waals surface area contributed by atoms with Gasteiger partial charge in [-0.3, -0.25) is 58.1 Å². The molecule has 2 aliphatic heterocycles. The van der Waals surface area contributed by atoms with Crippen molar-refractivity contribution in [3.8, 4) is 46.0 Å². The quantitative estimate of drug-likeness (QED) is 0.0185. The summed E-state index contributed by atoms with van der Waals surface area (Å²) in [7, 11) is 0. The molecule has 2 unspecified atom stereocenters. The van der Waals surface area contributed by atoms with Gasteiger partial charge in [0.15, 0.2) is 5.78 Å². The number of ketones is 1. The number of hydrogen-bond donors (Lipinski definition) is 1. The highest BCUT2D eigenvalue weighted by Crippen LogP contribution is 2.59. The van der Waals surface area contributed by atoms with E-state index in [9.17, 15) is 9.59 Å². The van der Waals surface area contributed by atoms with Crippen LogP contribution in [0.5, 0.6) is 46.0 Å². The van der Waals surface area contributed by atoms with Crippen molar-refractivity contribution in [2.24, 2.45) is 0 Å². The number of nitrogens with one attached hydrogen (secondary N) is 1. The van der Waals surface area contributed by atoms with E-state index in [0.29, 0.717) is 67.9 Å². The number of anilines is 3. The third-order valence-corrected chi connectivity index (χ3v) is 24.4. The summed E-state index contributed by atoms with van der Waals surface area (Å²) in [5.74, 6) is -3.62. The predicted octanol–water partition coefficient (Wildman–Crippen LogP) is 24.3. The topological polar surface area (TPSA) is 224 Å². The van der Waals surface area contributed by atoms with Crippen molar-refractivity contribution in [2.75, 3.05) is 15.1 Å². The standard InChI is InChI=1S/C111H97N7O12/c1-64(2)75-29-37-82(38-30-75)127-93-58-86-97-87(107(122)117(106(86)121)90(54-70-45-49-112-50-46-70)110(125)115(62-72-21-15-13-16-22-72)80-27-19-25-74(53-80)56-92(119)68(9)10)59-94(128-83-39-31-76(32-40-83)65(3)4)100-102-96(130-85-43-35-78(36-44-85)67(7)8)61-89-98-88(60-95(101(104(98)102)99(93)103(97)100)129-84-41-33-77(34-42-84)66(5)6)108(123)118(109(89)124)91(55-71-47-51-113-52-48-71)111(126)116(63-73-23-17-14-18-24-73)81-28-20-26-79(57-81)114-105(120)69(11)12/h13-53,57-61,64-67,90-91H,9,11,54-56,62-63H2,1-8,10,12H3,(H,114,120). The first-order valence-electron chi connectivity index (χ1n) is 43.8. The molecule has 0 saturated carbocycles. The second kappa shape index (κ2) is 36.5. The number of fused-ring (bicyclic) bond motifs is 2. The Labute approximate surface area is 754 Å². The summed E-state index contributed by atoms with van der Waals surface area (Å²) in [6.07, 6.45) is 5.89. The fourth-order valence-corrected chi connectivity index (χ4v) is 17.3. The Bertz CT molecular complexity index is 6330. The maximum Gasteiger partial charge on any atom is 0.262 e. The van der Waals surface area contributed by atoms with Gasteiger partial charge in [-0.15, -0.1) is 0 Å². The summed E-state index contributed by atoms with van der Waals surface area (Å²) in [6.45, 7) is 27.6. The molecule has 0 aliphatic carbocycles. The van der Waals surface area contributed by atoms with Crippen molar-refractivity contribution in [1.29, 1.82) is 0 Å². The zero-order valence-electron chi connectivity index (χ0n) is 74.1. The lowest BCUT2D eigenvalue weighted by atomic mass is 9.80. The minimum absolute atomic E-state index is 0.0126. The zero-order chi connectivity index (χ0) is 91.0. The molecule has 648 valence electrons. The molecule has 2 atom stereocenters. The first-order valence-corrected chi connectivity index (χ1v) is 43.8. The molecule has 13 aromatic carbocycles. The summed E-state index contributed by atoms with van der Waals surface area (Å²) in [4.78, 5) is 144. The van der Waals surface area contributed by atoms with Crippen molar-refractivity contribution >= 4 is 107 Å². The van der Waals surface area contributed by atoms with E-state index in [1.807, 2.05) is 158 Å². The van der Waals surface area contributed by atoms with Crippen LogP contribution < -0.4 is 34.1 Å². The average Bonchev–Trinajstić information content (AvgIpc) is 0.668. The number of pyridine rings is 2. The van der Waals surface area contributed by atoms with Crippen LogP contribution in [0.4, 0.5) is 17.1 Å². The van der Waals surface area contributed by atoms with E-state index in [1.165, 1.54) is 4.90 Å². The summed E-state index contributed by atoms with van der Waals surface area (Å²) in [5, 5.41) is 4.58. The van der Waals surface area contributed by atoms with Gasteiger partial charge in [0, 0.05) is 110 Å².